The Hall–Kier alpha value is -9.32. The van der Waals surface area contributed by atoms with Crippen LogP contribution in [0.5, 0.6) is 0 Å². The molecule has 2 aliphatic rings. The van der Waals surface area contributed by atoms with E-state index in [9.17, 15) is 0 Å². The molecule has 71 heavy (non-hydrogen) atoms. The average Bonchev–Trinajstić information content (AvgIpc) is 3.97. The number of hydrogen-bond acceptors (Lipinski definition) is 2. The van der Waals surface area contributed by atoms with Crippen molar-refractivity contribution in [3.05, 3.63) is 261 Å². The van der Waals surface area contributed by atoms with Gasteiger partial charge in [-0.05, 0) is 112 Å². The van der Waals surface area contributed by atoms with E-state index < -0.39 is 0 Å². The van der Waals surface area contributed by atoms with Gasteiger partial charge in [0.05, 0.1) is 22.1 Å². The molecule has 5 heteroatoms. The van der Waals surface area contributed by atoms with Crippen molar-refractivity contribution in [3.63, 3.8) is 0 Å². The van der Waals surface area contributed by atoms with Crippen molar-refractivity contribution in [1.29, 1.82) is 0 Å². The molecule has 0 unspecified atom stereocenters. The number of benzene rings is 11. The van der Waals surface area contributed by atoms with E-state index >= 15 is 0 Å². The minimum Gasteiger partial charge on any atom is -0.311 e. The maximum absolute atomic E-state index is 2.51. The van der Waals surface area contributed by atoms with Crippen LogP contribution < -0.4 is 26.2 Å². The number of anilines is 6. The fourth-order valence-electron chi connectivity index (χ4n) is 12.2. The van der Waals surface area contributed by atoms with Crippen LogP contribution >= 0.6 is 0 Å². The molecule has 0 radical (unpaired) electrons. The molecule has 0 N–H and O–H groups in total. The first-order valence-corrected chi connectivity index (χ1v) is 24.6. The Morgan fingerprint density at radius 2 is 0.634 bits per heavy atom. The molecular weight excluding hydrogens is 860 g/mol. The zero-order valence-corrected chi connectivity index (χ0v) is 38.7. The van der Waals surface area contributed by atoms with Crippen molar-refractivity contribution in [3.8, 4) is 33.6 Å². The van der Waals surface area contributed by atoms with Crippen LogP contribution in [0, 0.1) is 0 Å². The van der Waals surface area contributed by atoms with Crippen LogP contribution in [0.3, 0.4) is 0 Å². The van der Waals surface area contributed by atoms with Crippen molar-refractivity contribution in [2.24, 2.45) is 0 Å². The lowest BCUT2D eigenvalue weighted by Crippen LogP contribution is -2.61. The topological polar surface area (TPSA) is 16.3 Å². The molecule has 13 aromatic rings. The number of fused-ring (bicyclic) bond motifs is 10. The number of aromatic nitrogens is 2. The third-order valence-corrected chi connectivity index (χ3v) is 15.1. The number of rotatable bonds is 6. The Balaban J connectivity index is 0.987. The van der Waals surface area contributed by atoms with Crippen LogP contribution in [0.15, 0.2) is 261 Å². The molecule has 11 aromatic carbocycles. The van der Waals surface area contributed by atoms with E-state index in [1.165, 1.54) is 105 Å². The first-order valence-electron chi connectivity index (χ1n) is 24.6. The lowest BCUT2D eigenvalue weighted by molar-refractivity contribution is 1.18. The SMILES string of the molecule is c1ccc(N2c3cc(-c4cccc5c6ccccc6n(-c6ccccc6)c45)ccc3B3c4ccc(-c5cccc6c7ccccc7n(-c7ccccc7)c56)cc4N(c4ccccc4)c4cccc2c43)cc1. The van der Waals surface area contributed by atoms with E-state index in [4.69, 9.17) is 0 Å². The van der Waals surface area contributed by atoms with Gasteiger partial charge in [-0.15, -0.1) is 0 Å². The summed E-state index contributed by atoms with van der Waals surface area (Å²) in [5.74, 6) is 0. The minimum atomic E-state index is -0.0349. The predicted molar refractivity (Wildman–Crippen MR) is 300 cm³/mol. The van der Waals surface area contributed by atoms with Gasteiger partial charge in [0, 0.05) is 78.2 Å². The fraction of sp³-hybridized carbons (Fsp3) is 0. The lowest BCUT2D eigenvalue weighted by Gasteiger charge is -2.44. The Kier molecular flexibility index (Phi) is 8.72. The van der Waals surface area contributed by atoms with E-state index in [2.05, 4.69) is 280 Å². The van der Waals surface area contributed by atoms with E-state index in [1.807, 2.05) is 0 Å². The van der Waals surface area contributed by atoms with E-state index in [0.29, 0.717) is 0 Å². The second-order valence-corrected chi connectivity index (χ2v) is 18.8. The lowest BCUT2D eigenvalue weighted by atomic mass is 9.33. The minimum absolute atomic E-state index is 0.0349. The van der Waals surface area contributed by atoms with Gasteiger partial charge < -0.3 is 18.9 Å². The van der Waals surface area contributed by atoms with E-state index in [1.54, 1.807) is 0 Å². The van der Waals surface area contributed by atoms with Crippen LogP contribution in [0.25, 0.3) is 77.2 Å². The van der Waals surface area contributed by atoms with Gasteiger partial charge in [-0.1, -0.05) is 176 Å². The molecule has 0 aliphatic carbocycles. The number of hydrogen-bond donors (Lipinski definition) is 0. The van der Waals surface area contributed by atoms with Gasteiger partial charge in [-0.2, -0.15) is 0 Å². The van der Waals surface area contributed by atoms with Crippen LogP contribution in [0.1, 0.15) is 0 Å². The zero-order valence-electron chi connectivity index (χ0n) is 38.7. The summed E-state index contributed by atoms with van der Waals surface area (Å²) in [6.45, 7) is -0.0349. The molecule has 4 nitrogen and oxygen atoms in total. The first kappa shape index (κ1) is 39.7. The highest BCUT2D eigenvalue weighted by Crippen LogP contribution is 2.47. The summed E-state index contributed by atoms with van der Waals surface area (Å²) in [6.07, 6.45) is 0. The Morgan fingerprint density at radius 3 is 1.07 bits per heavy atom. The second-order valence-electron chi connectivity index (χ2n) is 18.8. The van der Waals surface area contributed by atoms with Gasteiger partial charge in [0.25, 0.3) is 6.71 Å². The van der Waals surface area contributed by atoms with Gasteiger partial charge in [-0.3, -0.25) is 0 Å². The summed E-state index contributed by atoms with van der Waals surface area (Å²) in [7, 11) is 0. The summed E-state index contributed by atoms with van der Waals surface area (Å²) in [6, 6.07) is 96.1. The maximum Gasteiger partial charge on any atom is 0.252 e. The Morgan fingerprint density at radius 1 is 0.268 bits per heavy atom. The summed E-state index contributed by atoms with van der Waals surface area (Å²) in [5.41, 5.74) is 22.7. The molecular formula is C66H43BN4. The van der Waals surface area contributed by atoms with Crippen LogP contribution in [0.4, 0.5) is 34.1 Å². The molecule has 0 bridgehead atoms. The number of nitrogens with zero attached hydrogens (tertiary/aromatic N) is 4. The number of para-hydroxylation sites is 8. The molecule has 15 rings (SSSR count). The van der Waals surface area contributed by atoms with E-state index in [0.717, 1.165) is 22.7 Å². The van der Waals surface area contributed by atoms with Crippen molar-refractivity contribution >= 4 is 101 Å². The van der Waals surface area contributed by atoms with Crippen molar-refractivity contribution in [1.82, 2.24) is 9.13 Å². The molecule has 0 spiro atoms. The highest BCUT2D eigenvalue weighted by atomic mass is 15.2. The maximum atomic E-state index is 2.51. The highest BCUT2D eigenvalue weighted by Gasteiger charge is 2.43. The van der Waals surface area contributed by atoms with Crippen molar-refractivity contribution < 1.29 is 0 Å². The van der Waals surface area contributed by atoms with Gasteiger partial charge in [0.15, 0.2) is 0 Å². The second kappa shape index (κ2) is 15.6. The highest BCUT2D eigenvalue weighted by molar-refractivity contribution is 7.00. The average molecular weight is 903 g/mol. The third-order valence-electron chi connectivity index (χ3n) is 15.1. The van der Waals surface area contributed by atoms with Gasteiger partial charge in [0.2, 0.25) is 0 Å². The van der Waals surface area contributed by atoms with Crippen LogP contribution in [-0.2, 0) is 0 Å². The van der Waals surface area contributed by atoms with Gasteiger partial charge in [-0.25, -0.2) is 0 Å². The predicted octanol–water partition coefficient (Wildman–Crippen LogP) is 15.3. The Labute approximate surface area is 412 Å². The molecule has 0 atom stereocenters. The van der Waals surface area contributed by atoms with E-state index in [-0.39, 0.29) is 6.71 Å². The largest absolute Gasteiger partial charge is 0.311 e. The molecule has 0 amide bonds. The van der Waals surface area contributed by atoms with Gasteiger partial charge in [0.1, 0.15) is 0 Å². The van der Waals surface area contributed by atoms with Crippen molar-refractivity contribution in [2.45, 2.75) is 0 Å². The fourth-order valence-corrected chi connectivity index (χ4v) is 12.2. The summed E-state index contributed by atoms with van der Waals surface area (Å²) in [4.78, 5) is 5.01. The van der Waals surface area contributed by atoms with Gasteiger partial charge >= 0.3 is 0 Å². The standard InChI is InChI=1S/C66H43BN4/c1-5-20-46(21-6-1)68-60-36-19-37-61-64(60)67(56-40-38-44(42-62(56)68)50-30-17-32-54-52-28-13-15-34-58(52)70(65(50)54)48-24-9-3-10-25-48)57-41-39-45(43-63(57)69(61)47-22-7-2-8-23-47)51-31-18-33-55-53-29-14-16-35-59(53)71(66(51)55)49-26-11-4-12-27-49/h1-43H. The van der Waals surface area contributed by atoms with Crippen LogP contribution in [-0.4, -0.2) is 15.8 Å². The molecule has 0 saturated heterocycles. The molecule has 0 fully saturated rings. The smallest absolute Gasteiger partial charge is 0.252 e. The third kappa shape index (κ3) is 5.87. The Bertz CT molecular complexity index is 3970. The molecule has 0 saturated carbocycles. The molecule has 330 valence electrons. The molecule has 2 aromatic heterocycles. The monoisotopic (exact) mass is 902 g/mol. The zero-order chi connectivity index (χ0) is 46.6. The molecule has 4 heterocycles. The van der Waals surface area contributed by atoms with Crippen LogP contribution in [0.2, 0.25) is 0 Å². The summed E-state index contributed by atoms with van der Waals surface area (Å²) in [5, 5.41) is 4.98. The first-order chi connectivity index (χ1) is 35.3. The quantitative estimate of drug-likeness (QED) is 0.155. The van der Waals surface area contributed by atoms with Crippen molar-refractivity contribution in [2.75, 3.05) is 9.80 Å². The normalized spacial score (nSPS) is 12.7. The summed E-state index contributed by atoms with van der Waals surface area (Å²) < 4.78 is 4.89. The molecule has 2 aliphatic heterocycles. The summed E-state index contributed by atoms with van der Waals surface area (Å²) >= 11 is 0.